The van der Waals surface area contributed by atoms with Crippen LogP contribution < -0.4 is 9.62 Å². The van der Waals surface area contributed by atoms with E-state index in [1.54, 1.807) is 23.6 Å². The number of hydrogen-bond acceptors (Lipinski definition) is 6. The van der Waals surface area contributed by atoms with Crippen LogP contribution in [-0.4, -0.2) is 41.1 Å². The second-order valence-corrected chi connectivity index (χ2v) is 10.0. The van der Waals surface area contributed by atoms with E-state index in [1.807, 2.05) is 6.92 Å². The minimum atomic E-state index is -3.68. The standard InChI is InChI=1S/C21H23F2N5O3S2/c1-4-27-19(12-28(33(3,30)31)17-9-6-15(22)7-10-17)25-26-21(27)32-13-20(29)24-16-8-5-14(2)18(23)11-16/h5-11H,4,12-13H2,1-3H3,(H,24,29). The summed E-state index contributed by atoms with van der Waals surface area (Å²) in [5.74, 6) is -0.863. The Labute approximate surface area is 195 Å². The summed E-state index contributed by atoms with van der Waals surface area (Å²) in [7, 11) is -3.68. The summed E-state index contributed by atoms with van der Waals surface area (Å²) in [6, 6.07) is 9.54. The number of sulfonamides is 1. The quantitative estimate of drug-likeness (QED) is 0.456. The third kappa shape index (κ3) is 6.29. The van der Waals surface area contributed by atoms with Crippen LogP contribution >= 0.6 is 11.8 Å². The number of carbonyl (C=O) groups excluding carboxylic acids is 1. The Morgan fingerprint density at radius 2 is 1.85 bits per heavy atom. The lowest BCUT2D eigenvalue weighted by Gasteiger charge is -2.22. The number of rotatable bonds is 9. The molecule has 33 heavy (non-hydrogen) atoms. The van der Waals surface area contributed by atoms with Gasteiger partial charge in [-0.05, 0) is 55.8 Å². The van der Waals surface area contributed by atoms with E-state index in [0.29, 0.717) is 34.5 Å². The molecule has 3 aromatic rings. The molecule has 12 heteroatoms. The van der Waals surface area contributed by atoms with Gasteiger partial charge >= 0.3 is 0 Å². The normalized spacial score (nSPS) is 11.4. The number of nitrogens with one attached hydrogen (secondary N) is 1. The zero-order valence-corrected chi connectivity index (χ0v) is 19.9. The molecule has 2 aromatic carbocycles. The van der Waals surface area contributed by atoms with Crippen LogP contribution in [0.4, 0.5) is 20.2 Å². The SMILES string of the molecule is CCn1c(CN(c2ccc(F)cc2)S(C)(=O)=O)nnc1SCC(=O)Nc1ccc(C)c(F)c1. The Balaban J connectivity index is 1.72. The third-order valence-corrected chi connectivity index (χ3v) is 6.80. The summed E-state index contributed by atoms with van der Waals surface area (Å²) in [6.07, 6.45) is 1.05. The highest BCUT2D eigenvalue weighted by Crippen LogP contribution is 2.23. The first-order valence-corrected chi connectivity index (χ1v) is 12.8. The Hall–Kier alpha value is -2.99. The first-order valence-electron chi connectivity index (χ1n) is 9.92. The average molecular weight is 496 g/mol. The lowest BCUT2D eigenvalue weighted by atomic mass is 10.2. The van der Waals surface area contributed by atoms with Crippen LogP contribution in [0.3, 0.4) is 0 Å². The van der Waals surface area contributed by atoms with Crippen molar-refractivity contribution in [1.82, 2.24) is 14.8 Å². The molecule has 3 rings (SSSR count). The molecular weight excluding hydrogens is 472 g/mol. The monoisotopic (exact) mass is 495 g/mol. The Bertz CT molecular complexity index is 1250. The van der Waals surface area contributed by atoms with Crippen LogP contribution in [-0.2, 0) is 27.9 Å². The highest BCUT2D eigenvalue weighted by molar-refractivity contribution is 7.99. The molecule has 1 heterocycles. The van der Waals surface area contributed by atoms with Crippen molar-refractivity contribution < 1.29 is 22.0 Å². The molecule has 0 aliphatic carbocycles. The maximum absolute atomic E-state index is 13.7. The first-order chi connectivity index (χ1) is 15.6. The van der Waals surface area contributed by atoms with E-state index in [4.69, 9.17) is 0 Å². The Morgan fingerprint density at radius 1 is 1.15 bits per heavy atom. The van der Waals surface area contributed by atoms with Gasteiger partial charge in [-0.1, -0.05) is 17.8 Å². The topological polar surface area (TPSA) is 97.2 Å². The number of thioether (sulfide) groups is 1. The van der Waals surface area contributed by atoms with E-state index in [-0.39, 0.29) is 18.2 Å². The number of carbonyl (C=O) groups is 1. The molecule has 0 bridgehead atoms. The van der Waals surface area contributed by atoms with Crippen molar-refractivity contribution in [3.63, 3.8) is 0 Å². The number of benzene rings is 2. The van der Waals surface area contributed by atoms with Crippen molar-refractivity contribution in [2.75, 3.05) is 21.6 Å². The van der Waals surface area contributed by atoms with E-state index in [0.717, 1.165) is 22.3 Å². The van der Waals surface area contributed by atoms with Gasteiger partial charge < -0.3 is 9.88 Å². The lowest BCUT2D eigenvalue weighted by Crippen LogP contribution is -2.30. The van der Waals surface area contributed by atoms with Crippen LogP contribution in [0.25, 0.3) is 0 Å². The largest absolute Gasteiger partial charge is 0.325 e. The number of halogens is 2. The fourth-order valence-corrected chi connectivity index (χ4v) is 4.67. The molecule has 0 unspecified atom stereocenters. The van der Waals surface area contributed by atoms with Crippen molar-refractivity contribution >= 4 is 39.1 Å². The highest BCUT2D eigenvalue weighted by atomic mass is 32.2. The average Bonchev–Trinajstić information content (AvgIpc) is 3.15. The molecule has 1 amide bonds. The summed E-state index contributed by atoms with van der Waals surface area (Å²) < 4.78 is 54.4. The van der Waals surface area contributed by atoms with Gasteiger partial charge in [0.15, 0.2) is 11.0 Å². The number of amides is 1. The minimum Gasteiger partial charge on any atom is -0.325 e. The van der Waals surface area contributed by atoms with Crippen LogP contribution in [0, 0.1) is 18.6 Å². The Kier molecular flexibility index (Phi) is 7.69. The molecule has 0 spiro atoms. The third-order valence-electron chi connectivity index (χ3n) is 4.70. The van der Waals surface area contributed by atoms with Gasteiger partial charge in [-0.2, -0.15) is 0 Å². The smallest absolute Gasteiger partial charge is 0.234 e. The molecule has 0 fully saturated rings. The summed E-state index contributed by atoms with van der Waals surface area (Å²) >= 11 is 1.13. The number of hydrogen-bond donors (Lipinski definition) is 1. The van der Waals surface area contributed by atoms with E-state index < -0.39 is 21.7 Å². The molecule has 0 aliphatic heterocycles. The Morgan fingerprint density at radius 3 is 2.45 bits per heavy atom. The van der Waals surface area contributed by atoms with E-state index in [9.17, 15) is 22.0 Å². The zero-order valence-electron chi connectivity index (χ0n) is 18.2. The summed E-state index contributed by atoms with van der Waals surface area (Å²) in [4.78, 5) is 12.3. The summed E-state index contributed by atoms with van der Waals surface area (Å²) in [5, 5.41) is 11.2. The minimum absolute atomic E-state index is 0.00137. The fourth-order valence-electron chi connectivity index (χ4n) is 2.99. The van der Waals surface area contributed by atoms with Crippen molar-refractivity contribution in [1.29, 1.82) is 0 Å². The molecule has 8 nitrogen and oxygen atoms in total. The molecular formula is C21H23F2N5O3S2. The zero-order chi connectivity index (χ0) is 24.2. The maximum atomic E-state index is 13.7. The predicted octanol–water partition coefficient (Wildman–Crippen LogP) is 3.58. The molecule has 176 valence electrons. The van der Waals surface area contributed by atoms with Crippen LogP contribution in [0.15, 0.2) is 47.6 Å². The maximum Gasteiger partial charge on any atom is 0.234 e. The molecule has 0 atom stereocenters. The van der Waals surface area contributed by atoms with Gasteiger partial charge in [-0.15, -0.1) is 10.2 Å². The van der Waals surface area contributed by atoms with E-state index >= 15 is 0 Å². The second kappa shape index (κ2) is 10.3. The van der Waals surface area contributed by atoms with Crippen molar-refractivity contribution in [2.45, 2.75) is 32.1 Å². The fraction of sp³-hybridized carbons (Fsp3) is 0.286. The first kappa shape index (κ1) is 24.6. The van der Waals surface area contributed by atoms with Crippen LogP contribution in [0.5, 0.6) is 0 Å². The number of nitrogens with zero attached hydrogens (tertiary/aromatic N) is 4. The van der Waals surface area contributed by atoms with Gasteiger partial charge in [0.2, 0.25) is 15.9 Å². The van der Waals surface area contributed by atoms with Crippen molar-refractivity contribution in [3.8, 4) is 0 Å². The van der Waals surface area contributed by atoms with Crippen molar-refractivity contribution in [2.24, 2.45) is 0 Å². The number of anilines is 2. The molecule has 1 aromatic heterocycles. The van der Waals surface area contributed by atoms with E-state index in [1.165, 1.54) is 30.3 Å². The number of aryl methyl sites for hydroxylation is 1. The van der Waals surface area contributed by atoms with E-state index in [2.05, 4.69) is 15.5 Å². The van der Waals surface area contributed by atoms with Gasteiger partial charge in [0, 0.05) is 12.2 Å². The molecule has 0 radical (unpaired) electrons. The van der Waals surface area contributed by atoms with Crippen molar-refractivity contribution in [3.05, 3.63) is 65.5 Å². The van der Waals surface area contributed by atoms with Gasteiger partial charge in [0.25, 0.3) is 0 Å². The second-order valence-electron chi connectivity index (χ2n) is 7.19. The molecule has 1 N–H and O–H groups in total. The van der Waals surface area contributed by atoms with Gasteiger partial charge in [0.05, 0.1) is 24.2 Å². The van der Waals surface area contributed by atoms with Gasteiger partial charge in [-0.3, -0.25) is 9.10 Å². The van der Waals surface area contributed by atoms with Crippen LogP contribution in [0.1, 0.15) is 18.3 Å². The highest BCUT2D eigenvalue weighted by Gasteiger charge is 2.22. The molecule has 0 saturated heterocycles. The lowest BCUT2D eigenvalue weighted by molar-refractivity contribution is -0.113. The van der Waals surface area contributed by atoms with Gasteiger partial charge in [-0.25, -0.2) is 17.2 Å². The molecule has 0 saturated carbocycles. The predicted molar refractivity (Wildman–Crippen MR) is 124 cm³/mol. The van der Waals surface area contributed by atoms with Crippen LogP contribution in [0.2, 0.25) is 0 Å². The number of aromatic nitrogens is 3. The summed E-state index contributed by atoms with van der Waals surface area (Å²) in [6.45, 7) is 3.80. The summed E-state index contributed by atoms with van der Waals surface area (Å²) in [5.41, 5.74) is 1.13. The molecule has 0 aliphatic rings. The van der Waals surface area contributed by atoms with Gasteiger partial charge in [0.1, 0.15) is 11.6 Å².